The molecule has 0 aliphatic heterocycles. The first kappa shape index (κ1) is 13.1. The van der Waals surface area contributed by atoms with Gasteiger partial charge in [0, 0.05) is 4.88 Å². The average molecular weight is 280 g/mol. The molecule has 2 heterocycles. The van der Waals surface area contributed by atoms with E-state index in [4.69, 9.17) is 5.73 Å². The second kappa shape index (κ2) is 5.14. The van der Waals surface area contributed by atoms with Gasteiger partial charge in [0.2, 0.25) is 11.8 Å². The summed E-state index contributed by atoms with van der Waals surface area (Å²) in [7, 11) is 0. The second-order valence-corrected chi connectivity index (χ2v) is 5.11. The lowest BCUT2D eigenvalue weighted by molar-refractivity contribution is -0.384. The Kier molecular flexibility index (Phi) is 3.56. The van der Waals surface area contributed by atoms with Crippen molar-refractivity contribution in [2.24, 2.45) is 0 Å². The number of aryl methyl sites for hydroxylation is 2. The van der Waals surface area contributed by atoms with Crippen LogP contribution in [0, 0.1) is 24.0 Å². The third-order valence-electron chi connectivity index (χ3n) is 2.47. The molecule has 8 nitrogen and oxygen atoms in total. The normalized spacial score (nSPS) is 10.4. The van der Waals surface area contributed by atoms with Gasteiger partial charge in [-0.3, -0.25) is 10.1 Å². The Labute approximate surface area is 112 Å². The molecule has 0 saturated carbocycles. The molecule has 0 bridgehead atoms. The first-order chi connectivity index (χ1) is 8.97. The van der Waals surface area contributed by atoms with E-state index in [0.29, 0.717) is 6.54 Å². The molecule has 19 heavy (non-hydrogen) atoms. The highest BCUT2D eigenvalue weighted by Crippen LogP contribution is 2.20. The van der Waals surface area contributed by atoms with E-state index in [1.165, 1.54) is 0 Å². The SMILES string of the molecule is Cc1nc(CNc2ncc([N+](=O)[O-])c(N)n2)sc1C. The number of nitrogens with zero attached hydrogens (tertiary/aromatic N) is 4. The third kappa shape index (κ3) is 2.94. The minimum atomic E-state index is -0.618. The van der Waals surface area contributed by atoms with Crippen LogP contribution in [0.5, 0.6) is 0 Å². The molecule has 2 aromatic heterocycles. The average Bonchev–Trinajstić information content (AvgIpc) is 2.66. The van der Waals surface area contributed by atoms with Gasteiger partial charge in [-0.1, -0.05) is 0 Å². The lowest BCUT2D eigenvalue weighted by Gasteiger charge is -2.02. The minimum Gasteiger partial charge on any atom is -0.378 e. The van der Waals surface area contributed by atoms with Crippen molar-refractivity contribution in [2.45, 2.75) is 20.4 Å². The van der Waals surface area contributed by atoms with Crippen LogP contribution in [0.3, 0.4) is 0 Å². The van der Waals surface area contributed by atoms with Crippen LogP contribution >= 0.6 is 11.3 Å². The number of nitrogens with two attached hydrogens (primary N) is 1. The van der Waals surface area contributed by atoms with Crippen LogP contribution in [0.1, 0.15) is 15.6 Å². The minimum absolute atomic E-state index is 0.158. The van der Waals surface area contributed by atoms with Crippen molar-refractivity contribution in [2.75, 3.05) is 11.1 Å². The van der Waals surface area contributed by atoms with E-state index in [2.05, 4.69) is 20.3 Å². The maximum Gasteiger partial charge on any atom is 0.329 e. The summed E-state index contributed by atoms with van der Waals surface area (Å²) in [6.07, 6.45) is 1.09. The Morgan fingerprint density at radius 1 is 1.47 bits per heavy atom. The fourth-order valence-electron chi connectivity index (χ4n) is 1.38. The van der Waals surface area contributed by atoms with E-state index in [9.17, 15) is 10.1 Å². The number of rotatable bonds is 4. The van der Waals surface area contributed by atoms with Crippen molar-refractivity contribution in [3.63, 3.8) is 0 Å². The second-order valence-electron chi connectivity index (χ2n) is 3.82. The number of anilines is 2. The molecule has 3 N–H and O–H groups in total. The van der Waals surface area contributed by atoms with Crippen molar-refractivity contribution in [3.05, 3.63) is 31.9 Å². The van der Waals surface area contributed by atoms with Crippen molar-refractivity contribution >= 4 is 28.8 Å². The molecule has 0 fully saturated rings. The summed E-state index contributed by atoms with van der Waals surface area (Å²) in [6, 6.07) is 0. The van der Waals surface area contributed by atoms with E-state index in [-0.39, 0.29) is 17.5 Å². The summed E-state index contributed by atoms with van der Waals surface area (Å²) in [4.78, 5) is 23.1. The smallest absolute Gasteiger partial charge is 0.329 e. The molecule has 0 radical (unpaired) electrons. The van der Waals surface area contributed by atoms with E-state index in [0.717, 1.165) is 21.8 Å². The van der Waals surface area contributed by atoms with Crippen LogP contribution < -0.4 is 11.1 Å². The Morgan fingerprint density at radius 2 is 2.21 bits per heavy atom. The molecule has 0 aliphatic carbocycles. The van der Waals surface area contributed by atoms with Gasteiger partial charge in [0.1, 0.15) is 11.2 Å². The number of nitrogens with one attached hydrogen (secondary N) is 1. The zero-order valence-corrected chi connectivity index (χ0v) is 11.2. The Bertz CT molecular complexity index is 607. The largest absolute Gasteiger partial charge is 0.378 e. The van der Waals surface area contributed by atoms with Gasteiger partial charge in [-0.2, -0.15) is 4.98 Å². The number of thiazole rings is 1. The standard InChI is InChI=1S/C10H12N6O2S/c1-5-6(2)19-8(14-5)4-13-10-12-3-7(16(17)18)9(11)15-10/h3H,4H2,1-2H3,(H3,11,12,13,15). The van der Waals surface area contributed by atoms with E-state index in [1.807, 2.05) is 13.8 Å². The van der Waals surface area contributed by atoms with Crippen molar-refractivity contribution in [1.82, 2.24) is 15.0 Å². The topological polar surface area (TPSA) is 120 Å². The lowest BCUT2D eigenvalue weighted by atomic mass is 10.4. The van der Waals surface area contributed by atoms with Gasteiger partial charge >= 0.3 is 5.69 Å². The van der Waals surface area contributed by atoms with Crippen LogP contribution in [-0.2, 0) is 6.54 Å². The van der Waals surface area contributed by atoms with Gasteiger partial charge in [0.15, 0.2) is 0 Å². The fourth-order valence-corrected chi connectivity index (χ4v) is 2.26. The van der Waals surface area contributed by atoms with Gasteiger partial charge in [-0.05, 0) is 13.8 Å². The summed E-state index contributed by atoms with van der Waals surface area (Å²) in [5, 5.41) is 14.4. The number of aromatic nitrogens is 3. The monoisotopic (exact) mass is 280 g/mol. The van der Waals surface area contributed by atoms with Crippen LogP contribution in [0.4, 0.5) is 17.5 Å². The maximum atomic E-state index is 10.6. The molecule has 0 unspecified atom stereocenters. The highest BCUT2D eigenvalue weighted by molar-refractivity contribution is 7.11. The molecular formula is C10H12N6O2S. The van der Waals surface area contributed by atoms with Gasteiger partial charge in [-0.25, -0.2) is 9.97 Å². The molecule has 0 saturated heterocycles. The predicted octanol–water partition coefficient (Wildman–Crippen LogP) is 1.65. The third-order valence-corrected chi connectivity index (χ3v) is 3.54. The van der Waals surface area contributed by atoms with Crippen LogP contribution in [0.2, 0.25) is 0 Å². The summed E-state index contributed by atoms with van der Waals surface area (Å²) >= 11 is 1.58. The van der Waals surface area contributed by atoms with Crippen LogP contribution in [-0.4, -0.2) is 19.9 Å². The number of nitro groups is 1. The first-order valence-electron chi connectivity index (χ1n) is 5.41. The van der Waals surface area contributed by atoms with Crippen molar-refractivity contribution in [1.29, 1.82) is 0 Å². The highest BCUT2D eigenvalue weighted by Gasteiger charge is 2.14. The zero-order chi connectivity index (χ0) is 14.0. The van der Waals surface area contributed by atoms with Crippen LogP contribution in [0.15, 0.2) is 6.20 Å². The summed E-state index contributed by atoms with van der Waals surface area (Å²) in [5.74, 6) is 0.0857. The number of hydrogen-bond donors (Lipinski definition) is 2. The first-order valence-corrected chi connectivity index (χ1v) is 6.22. The van der Waals surface area contributed by atoms with Crippen molar-refractivity contribution in [3.8, 4) is 0 Å². The molecule has 0 aromatic carbocycles. The quantitative estimate of drug-likeness (QED) is 0.645. The highest BCUT2D eigenvalue weighted by atomic mass is 32.1. The molecule has 0 aliphatic rings. The summed E-state index contributed by atoms with van der Waals surface area (Å²) in [6.45, 7) is 4.39. The molecule has 2 aromatic rings. The maximum absolute atomic E-state index is 10.6. The molecular weight excluding hydrogens is 268 g/mol. The molecule has 100 valence electrons. The Balaban J connectivity index is 2.08. The van der Waals surface area contributed by atoms with Crippen LogP contribution in [0.25, 0.3) is 0 Å². The zero-order valence-electron chi connectivity index (χ0n) is 10.4. The molecule has 0 amide bonds. The van der Waals surface area contributed by atoms with E-state index in [1.54, 1.807) is 11.3 Å². The van der Waals surface area contributed by atoms with Gasteiger partial charge in [0.05, 0.1) is 17.2 Å². The van der Waals surface area contributed by atoms with E-state index >= 15 is 0 Å². The number of nitrogen functional groups attached to an aromatic ring is 1. The molecule has 0 spiro atoms. The Morgan fingerprint density at radius 3 is 2.74 bits per heavy atom. The van der Waals surface area contributed by atoms with Gasteiger partial charge in [0.25, 0.3) is 0 Å². The molecule has 9 heteroatoms. The molecule has 2 rings (SSSR count). The predicted molar refractivity (Wildman–Crippen MR) is 72.0 cm³/mol. The summed E-state index contributed by atoms with van der Waals surface area (Å²) in [5.41, 5.74) is 6.17. The Hall–Kier alpha value is -2.29. The van der Waals surface area contributed by atoms with Gasteiger partial charge < -0.3 is 11.1 Å². The van der Waals surface area contributed by atoms with E-state index < -0.39 is 4.92 Å². The summed E-state index contributed by atoms with van der Waals surface area (Å²) < 4.78 is 0. The lowest BCUT2D eigenvalue weighted by Crippen LogP contribution is -2.07. The van der Waals surface area contributed by atoms with Gasteiger partial charge in [-0.15, -0.1) is 11.3 Å². The van der Waals surface area contributed by atoms with Crippen molar-refractivity contribution < 1.29 is 4.92 Å². The molecule has 0 atom stereocenters. The fraction of sp³-hybridized carbons (Fsp3) is 0.300. The number of hydrogen-bond acceptors (Lipinski definition) is 8.